The van der Waals surface area contributed by atoms with Crippen LogP contribution in [0.5, 0.6) is 5.75 Å². The van der Waals surface area contributed by atoms with Gasteiger partial charge in [-0.15, -0.1) is 5.10 Å². The van der Waals surface area contributed by atoms with Crippen LogP contribution in [-0.4, -0.2) is 29.9 Å². The monoisotopic (exact) mass is 374 g/mol. The van der Waals surface area contributed by atoms with Crippen LogP contribution in [-0.2, 0) is 5.92 Å². The van der Waals surface area contributed by atoms with Gasteiger partial charge in [0.25, 0.3) is 0 Å². The number of hydrogen-bond donors (Lipinski definition) is 3. The number of nitrogens with one attached hydrogen (secondary N) is 2. The Bertz CT molecular complexity index is 1120. The van der Waals surface area contributed by atoms with Crippen LogP contribution in [0.1, 0.15) is 17.1 Å². The summed E-state index contributed by atoms with van der Waals surface area (Å²) >= 11 is 0. The largest absolute Gasteiger partial charge is 0.506 e. The maximum Gasteiger partial charge on any atom is 0.333 e. The van der Waals surface area contributed by atoms with Gasteiger partial charge in [0.15, 0.2) is 11.6 Å². The molecular weight excluding hydrogens is 361 g/mol. The summed E-state index contributed by atoms with van der Waals surface area (Å²) < 4.78 is 44.0. The fourth-order valence-electron chi connectivity index (χ4n) is 2.60. The molecule has 3 heterocycles. The zero-order valence-electron chi connectivity index (χ0n) is 13.9. The standard InChI is InChI=1S/C17H13F3N6O/c1-9-6-14(24-23-9)21-15-13-7-12(27)8-26(13)25-16(22-15)17(19,20)10-2-4-11(18)5-3-10/h2-8,27H,1H3,(H2,21,22,23,24,25). The van der Waals surface area contributed by atoms with Crippen molar-refractivity contribution in [1.29, 1.82) is 0 Å². The highest BCUT2D eigenvalue weighted by atomic mass is 19.3. The van der Waals surface area contributed by atoms with Crippen molar-refractivity contribution in [3.05, 3.63) is 65.5 Å². The molecule has 4 aromatic rings. The van der Waals surface area contributed by atoms with Crippen molar-refractivity contribution in [3.63, 3.8) is 0 Å². The number of aromatic amines is 1. The molecule has 27 heavy (non-hydrogen) atoms. The highest BCUT2D eigenvalue weighted by molar-refractivity contribution is 5.73. The van der Waals surface area contributed by atoms with E-state index in [1.165, 1.54) is 12.3 Å². The Morgan fingerprint density at radius 1 is 1.19 bits per heavy atom. The molecule has 0 radical (unpaired) electrons. The minimum atomic E-state index is -3.58. The number of nitrogens with zero attached hydrogens (tertiary/aromatic N) is 4. The molecule has 0 unspecified atom stereocenters. The van der Waals surface area contributed by atoms with E-state index < -0.39 is 23.1 Å². The third-order valence-corrected chi connectivity index (χ3v) is 3.89. The summed E-state index contributed by atoms with van der Waals surface area (Å²) in [5, 5.41) is 23.1. The summed E-state index contributed by atoms with van der Waals surface area (Å²) in [6.45, 7) is 1.78. The molecule has 1 aromatic carbocycles. The molecule has 0 bridgehead atoms. The first kappa shape index (κ1) is 16.9. The van der Waals surface area contributed by atoms with E-state index in [1.807, 2.05) is 0 Å². The number of aromatic hydroxyl groups is 1. The van der Waals surface area contributed by atoms with Crippen LogP contribution >= 0.6 is 0 Å². The SMILES string of the molecule is Cc1cc(Nc2nc(C(F)(F)c3ccc(F)cc3)nn3cc(O)cc23)n[nH]1. The van der Waals surface area contributed by atoms with Gasteiger partial charge in [0.05, 0.1) is 6.20 Å². The molecule has 0 spiro atoms. The van der Waals surface area contributed by atoms with E-state index >= 15 is 0 Å². The molecule has 0 saturated carbocycles. The van der Waals surface area contributed by atoms with Crippen molar-refractivity contribution in [3.8, 4) is 5.75 Å². The van der Waals surface area contributed by atoms with Gasteiger partial charge in [-0.3, -0.25) is 5.10 Å². The van der Waals surface area contributed by atoms with E-state index in [-0.39, 0.29) is 17.1 Å². The van der Waals surface area contributed by atoms with E-state index in [0.717, 1.165) is 34.5 Å². The Morgan fingerprint density at radius 2 is 1.93 bits per heavy atom. The molecule has 0 aliphatic heterocycles. The molecule has 0 fully saturated rings. The van der Waals surface area contributed by atoms with Crippen molar-refractivity contribution < 1.29 is 18.3 Å². The Hall–Kier alpha value is -3.56. The number of H-pyrrole nitrogens is 1. The Kier molecular flexibility index (Phi) is 3.76. The molecule has 0 amide bonds. The second kappa shape index (κ2) is 6.01. The van der Waals surface area contributed by atoms with Crippen LogP contribution in [0.25, 0.3) is 5.52 Å². The lowest BCUT2D eigenvalue weighted by Gasteiger charge is -2.16. The maximum atomic E-state index is 14.9. The van der Waals surface area contributed by atoms with E-state index in [9.17, 15) is 18.3 Å². The molecule has 0 aliphatic carbocycles. The van der Waals surface area contributed by atoms with Gasteiger partial charge in [-0.25, -0.2) is 13.9 Å². The molecule has 4 rings (SSSR count). The van der Waals surface area contributed by atoms with E-state index in [1.54, 1.807) is 13.0 Å². The first-order chi connectivity index (χ1) is 12.8. The lowest BCUT2D eigenvalue weighted by atomic mass is 10.1. The van der Waals surface area contributed by atoms with Gasteiger partial charge in [0, 0.05) is 23.4 Å². The number of rotatable bonds is 4. The topological polar surface area (TPSA) is 91.1 Å². The second-order valence-electron chi connectivity index (χ2n) is 5.95. The number of hydrogen-bond acceptors (Lipinski definition) is 5. The molecule has 10 heteroatoms. The van der Waals surface area contributed by atoms with Crippen LogP contribution in [0.2, 0.25) is 0 Å². The van der Waals surface area contributed by atoms with E-state index in [0.29, 0.717) is 5.82 Å². The predicted octanol–water partition coefficient (Wildman–Crippen LogP) is 3.49. The van der Waals surface area contributed by atoms with Gasteiger partial charge in [-0.2, -0.15) is 13.9 Å². The van der Waals surface area contributed by atoms with E-state index in [4.69, 9.17) is 0 Å². The first-order valence-electron chi connectivity index (χ1n) is 7.86. The minimum Gasteiger partial charge on any atom is -0.506 e. The lowest BCUT2D eigenvalue weighted by molar-refractivity contribution is 0.0315. The number of alkyl halides is 2. The third kappa shape index (κ3) is 3.05. The quantitative estimate of drug-likeness (QED) is 0.509. The van der Waals surface area contributed by atoms with Gasteiger partial charge < -0.3 is 10.4 Å². The predicted molar refractivity (Wildman–Crippen MR) is 90.7 cm³/mol. The molecule has 3 aromatic heterocycles. The fourth-order valence-corrected chi connectivity index (χ4v) is 2.60. The summed E-state index contributed by atoms with van der Waals surface area (Å²) in [6.07, 6.45) is 1.18. The van der Waals surface area contributed by atoms with Crippen LogP contribution < -0.4 is 5.32 Å². The van der Waals surface area contributed by atoms with Crippen LogP contribution in [0.4, 0.5) is 24.8 Å². The normalized spacial score (nSPS) is 11.9. The van der Waals surface area contributed by atoms with Crippen molar-refractivity contribution in [2.45, 2.75) is 12.8 Å². The molecule has 0 aliphatic rings. The highest BCUT2D eigenvalue weighted by Crippen LogP contribution is 2.35. The summed E-state index contributed by atoms with van der Waals surface area (Å²) in [5.74, 6) is -4.78. The smallest absolute Gasteiger partial charge is 0.333 e. The summed E-state index contributed by atoms with van der Waals surface area (Å²) in [7, 11) is 0. The molecule has 0 atom stereocenters. The number of aromatic nitrogens is 5. The van der Waals surface area contributed by atoms with Gasteiger partial charge in [0.2, 0.25) is 5.82 Å². The maximum absolute atomic E-state index is 14.9. The zero-order valence-corrected chi connectivity index (χ0v) is 13.9. The molecule has 3 N–H and O–H groups in total. The average molecular weight is 374 g/mol. The van der Waals surface area contributed by atoms with Gasteiger partial charge >= 0.3 is 5.92 Å². The number of fused-ring (bicyclic) bond motifs is 1. The number of benzene rings is 1. The third-order valence-electron chi connectivity index (χ3n) is 3.89. The van der Waals surface area contributed by atoms with Gasteiger partial charge in [0.1, 0.15) is 17.1 Å². The number of halogens is 3. The summed E-state index contributed by atoms with van der Waals surface area (Å²) in [4.78, 5) is 3.94. The van der Waals surface area contributed by atoms with Gasteiger partial charge in [-0.1, -0.05) is 0 Å². The fraction of sp³-hybridized carbons (Fsp3) is 0.118. The van der Waals surface area contributed by atoms with Crippen molar-refractivity contribution in [2.24, 2.45) is 0 Å². The molecule has 7 nitrogen and oxygen atoms in total. The van der Waals surface area contributed by atoms with Crippen LogP contribution in [0, 0.1) is 12.7 Å². The molecular formula is C17H13F3N6O. The van der Waals surface area contributed by atoms with Gasteiger partial charge in [-0.05, 0) is 31.2 Å². The average Bonchev–Trinajstić information content (AvgIpc) is 3.20. The Balaban J connectivity index is 1.84. The molecule has 138 valence electrons. The Morgan fingerprint density at radius 3 is 2.59 bits per heavy atom. The second-order valence-corrected chi connectivity index (χ2v) is 5.95. The van der Waals surface area contributed by atoms with Crippen molar-refractivity contribution in [2.75, 3.05) is 5.32 Å². The summed E-state index contributed by atoms with van der Waals surface area (Å²) in [5.41, 5.74) is 0.589. The van der Waals surface area contributed by atoms with Crippen LogP contribution in [0.15, 0.2) is 42.6 Å². The first-order valence-corrected chi connectivity index (χ1v) is 7.86. The minimum absolute atomic E-state index is 0.0357. The highest BCUT2D eigenvalue weighted by Gasteiger charge is 2.39. The summed E-state index contributed by atoms with van der Waals surface area (Å²) in [6, 6.07) is 6.82. The van der Waals surface area contributed by atoms with Crippen LogP contribution in [0.3, 0.4) is 0 Å². The number of anilines is 2. The van der Waals surface area contributed by atoms with Crippen molar-refractivity contribution >= 4 is 17.2 Å². The van der Waals surface area contributed by atoms with Crippen molar-refractivity contribution in [1.82, 2.24) is 24.8 Å². The Labute approximate surface area is 150 Å². The number of aryl methyl sites for hydroxylation is 1. The lowest BCUT2D eigenvalue weighted by Crippen LogP contribution is -2.21. The molecule has 0 saturated heterocycles. The zero-order chi connectivity index (χ0) is 19.2. The van der Waals surface area contributed by atoms with E-state index in [2.05, 4.69) is 25.6 Å².